The number of para-hydroxylation sites is 1. The molecule has 0 aliphatic rings. The SMILES string of the molecule is C=C(NC(=O)c1c(C)ccc2nc(N)sc12)c1cccc(Oc2ccccc2)c1. The Morgan fingerprint density at radius 2 is 1.83 bits per heavy atom. The van der Waals surface area contributed by atoms with Crippen LogP contribution in [0.5, 0.6) is 11.5 Å². The molecular weight excluding hydrogens is 382 g/mol. The topological polar surface area (TPSA) is 77.2 Å². The molecule has 0 radical (unpaired) electrons. The molecule has 29 heavy (non-hydrogen) atoms. The maximum atomic E-state index is 13.0. The van der Waals surface area contributed by atoms with E-state index in [4.69, 9.17) is 10.5 Å². The smallest absolute Gasteiger partial charge is 0.257 e. The van der Waals surface area contributed by atoms with Crippen LogP contribution in [-0.4, -0.2) is 10.9 Å². The molecule has 0 aliphatic heterocycles. The molecule has 0 unspecified atom stereocenters. The molecule has 4 aromatic rings. The highest BCUT2D eigenvalue weighted by Gasteiger charge is 2.17. The van der Waals surface area contributed by atoms with Crippen LogP contribution >= 0.6 is 11.3 Å². The van der Waals surface area contributed by atoms with E-state index in [2.05, 4.69) is 16.9 Å². The first-order valence-corrected chi connectivity index (χ1v) is 9.82. The van der Waals surface area contributed by atoms with Crippen molar-refractivity contribution in [1.82, 2.24) is 10.3 Å². The van der Waals surface area contributed by atoms with Crippen LogP contribution in [0.3, 0.4) is 0 Å². The standard InChI is InChI=1S/C23H19N3O2S/c1-14-11-12-19-21(29-23(24)26-19)20(14)22(27)25-15(2)16-7-6-10-18(13-16)28-17-8-4-3-5-9-17/h3-13H,2H2,1H3,(H2,24,26)(H,25,27). The second kappa shape index (κ2) is 7.77. The maximum Gasteiger partial charge on any atom is 0.257 e. The molecule has 0 fully saturated rings. The van der Waals surface area contributed by atoms with Gasteiger partial charge in [0.1, 0.15) is 11.5 Å². The molecular formula is C23H19N3O2S. The van der Waals surface area contributed by atoms with Crippen LogP contribution in [0.1, 0.15) is 21.5 Å². The van der Waals surface area contributed by atoms with Gasteiger partial charge >= 0.3 is 0 Å². The third-order valence-electron chi connectivity index (χ3n) is 4.44. The summed E-state index contributed by atoms with van der Waals surface area (Å²) in [6.45, 7) is 5.92. The lowest BCUT2D eigenvalue weighted by Gasteiger charge is -2.12. The monoisotopic (exact) mass is 401 g/mol. The number of fused-ring (bicyclic) bond motifs is 1. The molecule has 1 aromatic heterocycles. The average molecular weight is 401 g/mol. The van der Waals surface area contributed by atoms with Gasteiger partial charge in [-0.3, -0.25) is 4.79 Å². The quantitative estimate of drug-likeness (QED) is 0.471. The number of anilines is 1. The highest BCUT2D eigenvalue weighted by molar-refractivity contribution is 7.22. The van der Waals surface area contributed by atoms with Crippen molar-refractivity contribution in [2.75, 3.05) is 5.73 Å². The van der Waals surface area contributed by atoms with E-state index in [1.54, 1.807) is 0 Å². The second-order valence-electron chi connectivity index (χ2n) is 6.53. The number of nitrogen functional groups attached to an aromatic ring is 1. The van der Waals surface area contributed by atoms with Gasteiger partial charge in [0.05, 0.1) is 15.8 Å². The van der Waals surface area contributed by atoms with Gasteiger partial charge in [0.25, 0.3) is 5.91 Å². The van der Waals surface area contributed by atoms with Crippen molar-refractivity contribution in [3.63, 3.8) is 0 Å². The first kappa shape index (κ1) is 18.7. The summed E-state index contributed by atoms with van der Waals surface area (Å²) in [5.41, 5.74) is 9.21. The zero-order valence-electron chi connectivity index (χ0n) is 15.8. The summed E-state index contributed by atoms with van der Waals surface area (Å²) in [4.78, 5) is 17.2. The normalized spacial score (nSPS) is 10.7. The lowest BCUT2D eigenvalue weighted by atomic mass is 10.1. The Morgan fingerprint density at radius 1 is 1.07 bits per heavy atom. The number of amides is 1. The molecule has 3 aromatic carbocycles. The lowest BCUT2D eigenvalue weighted by Crippen LogP contribution is -2.22. The van der Waals surface area contributed by atoms with Crippen molar-refractivity contribution in [2.24, 2.45) is 0 Å². The van der Waals surface area contributed by atoms with Crippen LogP contribution in [0.2, 0.25) is 0 Å². The van der Waals surface area contributed by atoms with Crippen LogP contribution in [0.25, 0.3) is 15.9 Å². The van der Waals surface area contributed by atoms with Crippen molar-refractivity contribution in [1.29, 1.82) is 0 Å². The molecule has 1 amide bonds. The molecule has 4 rings (SSSR count). The molecule has 5 nitrogen and oxygen atoms in total. The number of thiazole rings is 1. The predicted molar refractivity (Wildman–Crippen MR) is 118 cm³/mol. The van der Waals surface area contributed by atoms with Crippen molar-refractivity contribution >= 4 is 38.3 Å². The van der Waals surface area contributed by atoms with Crippen LogP contribution in [0.15, 0.2) is 73.3 Å². The Hall–Kier alpha value is -3.64. The van der Waals surface area contributed by atoms with E-state index < -0.39 is 0 Å². The number of hydrogen-bond acceptors (Lipinski definition) is 5. The molecule has 0 aliphatic carbocycles. The minimum atomic E-state index is -0.240. The number of aromatic nitrogens is 1. The Labute approximate surface area is 172 Å². The van der Waals surface area contributed by atoms with Crippen LogP contribution in [0.4, 0.5) is 5.13 Å². The van der Waals surface area contributed by atoms with Crippen molar-refractivity contribution in [2.45, 2.75) is 6.92 Å². The summed E-state index contributed by atoms with van der Waals surface area (Å²) in [5, 5.41) is 3.33. The third kappa shape index (κ3) is 3.97. The zero-order valence-corrected chi connectivity index (χ0v) is 16.6. The summed E-state index contributed by atoms with van der Waals surface area (Å²) < 4.78 is 6.64. The van der Waals surface area contributed by atoms with Gasteiger partial charge in [0, 0.05) is 11.3 Å². The Balaban J connectivity index is 1.56. The molecule has 0 bridgehead atoms. The number of carbonyl (C=O) groups excluding carboxylic acids is 1. The van der Waals surface area contributed by atoms with Crippen LogP contribution < -0.4 is 15.8 Å². The minimum absolute atomic E-state index is 0.240. The second-order valence-corrected chi connectivity index (χ2v) is 7.56. The van der Waals surface area contributed by atoms with Crippen LogP contribution in [0, 0.1) is 6.92 Å². The summed E-state index contributed by atoms with van der Waals surface area (Å²) in [5.74, 6) is 1.16. The minimum Gasteiger partial charge on any atom is -0.457 e. The fourth-order valence-electron chi connectivity index (χ4n) is 3.03. The fraction of sp³-hybridized carbons (Fsp3) is 0.0435. The van der Waals surface area contributed by atoms with E-state index in [-0.39, 0.29) is 5.91 Å². The summed E-state index contributed by atoms with van der Waals surface area (Å²) in [6, 6.07) is 20.7. The van der Waals surface area contributed by atoms with Gasteiger partial charge in [-0.1, -0.05) is 54.3 Å². The lowest BCUT2D eigenvalue weighted by molar-refractivity contribution is 0.0975. The predicted octanol–water partition coefficient (Wildman–Crippen LogP) is 5.38. The molecule has 0 atom stereocenters. The summed E-state index contributed by atoms with van der Waals surface area (Å²) in [7, 11) is 0. The highest BCUT2D eigenvalue weighted by atomic mass is 32.1. The molecule has 1 heterocycles. The van der Waals surface area contributed by atoms with Crippen molar-refractivity contribution < 1.29 is 9.53 Å². The Morgan fingerprint density at radius 3 is 2.62 bits per heavy atom. The van der Waals surface area contributed by atoms with Gasteiger partial charge in [0.2, 0.25) is 0 Å². The molecule has 0 spiro atoms. The van der Waals surface area contributed by atoms with E-state index >= 15 is 0 Å². The van der Waals surface area contributed by atoms with E-state index in [0.717, 1.165) is 21.6 Å². The molecule has 144 valence electrons. The first-order valence-electron chi connectivity index (χ1n) is 9.00. The average Bonchev–Trinajstić information content (AvgIpc) is 3.08. The van der Waals surface area contributed by atoms with Gasteiger partial charge < -0.3 is 15.8 Å². The molecule has 6 heteroatoms. The van der Waals surface area contributed by atoms with Gasteiger partial charge in [0.15, 0.2) is 5.13 Å². The number of nitrogens with zero attached hydrogens (tertiary/aromatic N) is 1. The number of hydrogen-bond donors (Lipinski definition) is 2. The number of nitrogens with two attached hydrogens (primary N) is 1. The van der Waals surface area contributed by atoms with Gasteiger partial charge in [-0.25, -0.2) is 4.98 Å². The highest BCUT2D eigenvalue weighted by Crippen LogP contribution is 2.30. The van der Waals surface area contributed by atoms with Gasteiger partial charge in [-0.15, -0.1) is 0 Å². The first-order chi connectivity index (χ1) is 14.0. The largest absolute Gasteiger partial charge is 0.457 e. The summed E-state index contributed by atoms with van der Waals surface area (Å²) >= 11 is 1.30. The number of nitrogens with one attached hydrogen (secondary N) is 1. The van der Waals surface area contributed by atoms with E-state index in [1.165, 1.54) is 11.3 Å². The number of ether oxygens (including phenoxy) is 1. The number of benzene rings is 3. The van der Waals surface area contributed by atoms with E-state index in [1.807, 2.05) is 73.7 Å². The molecule has 0 saturated heterocycles. The van der Waals surface area contributed by atoms with E-state index in [9.17, 15) is 4.79 Å². The number of carbonyl (C=O) groups is 1. The number of rotatable bonds is 5. The molecule has 3 N–H and O–H groups in total. The van der Waals surface area contributed by atoms with Crippen LogP contribution in [-0.2, 0) is 0 Å². The van der Waals surface area contributed by atoms with Gasteiger partial charge in [-0.2, -0.15) is 0 Å². The number of aryl methyl sites for hydroxylation is 1. The third-order valence-corrected chi connectivity index (χ3v) is 5.35. The van der Waals surface area contributed by atoms with Crippen molar-refractivity contribution in [3.05, 3.63) is 90.0 Å². The summed E-state index contributed by atoms with van der Waals surface area (Å²) in [6.07, 6.45) is 0. The van der Waals surface area contributed by atoms with Crippen molar-refractivity contribution in [3.8, 4) is 11.5 Å². The Kier molecular flexibility index (Phi) is 5.01. The zero-order chi connectivity index (χ0) is 20.4. The maximum absolute atomic E-state index is 13.0. The molecule has 0 saturated carbocycles. The van der Waals surface area contributed by atoms with Gasteiger partial charge in [-0.05, 0) is 42.8 Å². The van der Waals surface area contributed by atoms with E-state index in [0.29, 0.717) is 27.7 Å². The Bertz CT molecular complexity index is 1220. The fourth-order valence-corrected chi connectivity index (χ4v) is 3.96.